The van der Waals surface area contributed by atoms with Gasteiger partial charge in [0.05, 0.1) is 5.92 Å². The lowest BCUT2D eigenvalue weighted by Crippen LogP contribution is -2.40. The number of hydrogen-bond acceptors (Lipinski definition) is 2. The Labute approximate surface area is 110 Å². The van der Waals surface area contributed by atoms with Gasteiger partial charge in [0.1, 0.15) is 0 Å². The zero-order valence-electron chi connectivity index (χ0n) is 12.1. The molecule has 0 saturated heterocycles. The van der Waals surface area contributed by atoms with Crippen LogP contribution in [0.25, 0.3) is 0 Å². The molecule has 0 aliphatic rings. The summed E-state index contributed by atoms with van der Waals surface area (Å²) in [6, 6.07) is 0. The van der Waals surface area contributed by atoms with E-state index in [1.807, 2.05) is 4.90 Å². The summed E-state index contributed by atoms with van der Waals surface area (Å²) in [6.07, 6.45) is 4.03. The van der Waals surface area contributed by atoms with E-state index < -0.39 is 17.8 Å². The third-order valence-corrected chi connectivity index (χ3v) is 3.40. The zero-order chi connectivity index (χ0) is 14.1. The van der Waals surface area contributed by atoms with E-state index in [1.165, 1.54) is 0 Å². The topological polar surface area (TPSA) is 57.6 Å². The Bertz CT molecular complexity index is 258. The van der Waals surface area contributed by atoms with Crippen LogP contribution in [0.3, 0.4) is 0 Å². The van der Waals surface area contributed by atoms with Crippen molar-refractivity contribution in [3.05, 3.63) is 0 Å². The molecule has 1 N–H and O–H groups in total. The van der Waals surface area contributed by atoms with Crippen LogP contribution < -0.4 is 0 Å². The second-order valence-electron chi connectivity index (χ2n) is 4.95. The maximum absolute atomic E-state index is 12.3. The molecule has 0 heterocycles. The lowest BCUT2D eigenvalue weighted by atomic mass is 9.94. The van der Waals surface area contributed by atoms with Crippen molar-refractivity contribution < 1.29 is 14.7 Å². The molecule has 4 heteroatoms. The van der Waals surface area contributed by atoms with Crippen molar-refractivity contribution in [2.45, 2.75) is 53.4 Å². The predicted molar refractivity (Wildman–Crippen MR) is 72.4 cm³/mol. The molecule has 18 heavy (non-hydrogen) atoms. The number of aliphatic carboxylic acids is 1. The molecule has 0 bridgehead atoms. The molecule has 106 valence electrons. The largest absolute Gasteiger partial charge is 0.481 e. The molecule has 0 rings (SSSR count). The van der Waals surface area contributed by atoms with Gasteiger partial charge in [-0.2, -0.15) is 0 Å². The molecule has 0 spiro atoms. The van der Waals surface area contributed by atoms with E-state index in [0.29, 0.717) is 0 Å². The van der Waals surface area contributed by atoms with Crippen LogP contribution in [0.2, 0.25) is 0 Å². The maximum Gasteiger partial charge on any atom is 0.307 e. The summed E-state index contributed by atoms with van der Waals surface area (Å²) < 4.78 is 0. The summed E-state index contributed by atoms with van der Waals surface area (Å²) in [4.78, 5) is 25.0. The quantitative estimate of drug-likeness (QED) is 0.691. The summed E-state index contributed by atoms with van der Waals surface area (Å²) in [6.45, 7) is 8.98. The van der Waals surface area contributed by atoms with Crippen molar-refractivity contribution in [1.82, 2.24) is 4.90 Å². The number of carboxylic acid groups (broad SMARTS) is 1. The fourth-order valence-electron chi connectivity index (χ4n) is 1.75. The summed E-state index contributed by atoms with van der Waals surface area (Å²) in [5.41, 5.74) is 0. The number of unbranched alkanes of at least 4 members (excludes halogenated alkanes) is 2. The first kappa shape index (κ1) is 16.9. The van der Waals surface area contributed by atoms with Crippen molar-refractivity contribution >= 4 is 11.9 Å². The first-order valence-electron chi connectivity index (χ1n) is 6.97. The number of hydrogen-bond donors (Lipinski definition) is 1. The lowest BCUT2D eigenvalue weighted by Gasteiger charge is -2.27. The van der Waals surface area contributed by atoms with E-state index in [0.717, 1.165) is 38.8 Å². The molecule has 2 unspecified atom stereocenters. The van der Waals surface area contributed by atoms with Gasteiger partial charge >= 0.3 is 5.97 Å². The molecule has 1 amide bonds. The van der Waals surface area contributed by atoms with Crippen LogP contribution in [-0.4, -0.2) is 35.0 Å². The number of nitrogens with zero attached hydrogens (tertiary/aromatic N) is 1. The molecule has 0 aromatic rings. The maximum atomic E-state index is 12.3. The zero-order valence-corrected chi connectivity index (χ0v) is 12.1. The van der Waals surface area contributed by atoms with Crippen LogP contribution >= 0.6 is 0 Å². The van der Waals surface area contributed by atoms with Crippen LogP contribution in [-0.2, 0) is 9.59 Å². The normalized spacial score (nSPS) is 14.0. The first-order valence-corrected chi connectivity index (χ1v) is 6.97. The average Bonchev–Trinajstić information content (AvgIpc) is 2.36. The lowest BCUT2D eigenvalue weighted by molar-refractivity contribution is -0.149. The Balaban J connectivity index is 4.55. The fourth-order valence-corrected chi connectivity index (χ4v) is 1.75. The summed E-state index contributed by atoms with van der Waals surface area (Å²) in [5, 5.41) is 8.96. The predicted octanol–water partition coefficient (Wildman–Crippen LogP) is 2.77. The van der Waals surface area contributed by atoms with Crippen LogP contribution in [0, 0.1) is 11.8 Å². The van der Waals surface area contributed by atoms with E-state index in [2.05, 4.69) is 13.8 Å². The molecular formula is C14H27NO3. The Hall–Kier alpha value is -1.06. The van der Waals surface area contributed by atoms with Gasteiger partial charge in [0.25, 0.3) is 0 Å². The van der Waals surface area contributed by atoms with E-state index in [9.17, 15) is 9.59 Å². The summed E-state index contributed by atoms with van der Waals surface area (Å²) >= 11 is 0. The minimum absolute atomic E-state index is 0.0215. The number of carbonyl (C=O) groups excluding carboxylic acids is 1. The smallest absolute Gasteiger partial charge is 0.307 e. The van der Waals surface area contributed by atoms with Gasteiger partial charge in [-0.1, -0.05) is 40.5 Å². The van der Waals surface area contributed by atoms with Crippen LogP contribution in [0.15, 0.2) is 0 Å². The highest BCUT2D eigenvalue weighted by atomic mass is 16.4. The molecule has 0 aliphatic heterocycles. The van der Waals surface area contributed by atoms with Crippen molar-refractivity contribution in [2.24, 2.45) is 11.8 Å². The van der Waals surface area contributed by atoms with E-state index >= 15 is 0 Å². The molecule has 0 radical (unpaired) electrons. The van der Waals surface area contributed by atoms with Crippen LogP contribution in [0.1, 0.15) is 53.4 Å². The van der Waals surface area contributed by atoms with Gasteiger partial charge in [-0.25, -0.2) is 0 Å². The number of rotatable bonds is 9. The monoisotopic (exact) mass is 257 g/mol. The van der Waals surface area contributed by atoms with E-state index in [4.69, 9.17) is 5.11 Å². The van der Waals surface area contributed by atoms with Gasteiger partial charge in [0, 0.05) is 19.0 Å². The fraction of sp³-hybridized carbons (Fsp3) is 0.857. The Morgan fingerprint density at radius 2 is 1.44 bits per heavy atom. The van der Waals surface area contributed by atoms with Crippen molar-refractivity contribution in [3.8, 4) is 0 Å². The summed E-state index contributed by atoms with van der Waals surface area (Å²) in [7, 11) is 0. The molecule has 0 aromatic carbocycles. The van der Waals surface area contributed by atoms with Crippen molar-refractivity contribution in [1.29, 1.82) is 0 Å². The number of carboxylic acids is 1. The summed E-state index contributed by atoms with van der Waals surface area (Å²) in [5.74, 6) is -1.99. The van der Waals surface area contributed by atoms with Gasteiger partial charge in [0.15, 0.2) is 0 Å². The molecule has 0 aromatic heterocycles. The van der Waals surface area contributed by atoms with Gasteiger partial charge in [-0.15, -0.1) is 0 Å². The third-order valence-electron chi connectivity index (χ3n) is 3.40. The Morgan fingerprint density at radius 1 is 1.00 bits per heavy atom. The third kappa shape index (κ3) is 5.52. The number of carbonyl (C=O) groups is 2. The Kier molecular flexibility index (Phi) is 8.42. The molecule has 2 atom stereocenters. The molecule has 0 fully saturated rings. The highest BCUT2D eigenvalue weighted by molar-refractivity contribution is 5.84. The van der Waals surface area contributed by atoms with Crippen molar-refractivity contribution in [2.75, 3.05) is 13.1 Å². The van der Waals surface area contributed by atoms with Gasteiger partial charge in [-0.05, 0) is 12.8 Å². The highest BCUT2D eigenvalue weighted by Gasteiger charge is 2.28. The van der Waals surface area contributed by atoms with Crippen LogP contribution in [0.5, 0.6) is 0 Å². The number of amides is 1. The van der Waals surface area contributed by atoms with Gasteiger partial charge < -0.3 is 10.0 Å². The van der Waals surface area contributed by atoms with E-state index in [-0.39, 0.29) is 5.91 Å². The highest BCUT2D eigenvalue weighted by Crippen LogP contribution is 2.15. The average molecular weight is 257 g/mol. The minimum atomic E-state index is -0.901. The standard InChI is InChI=1S/C14H27NO3/c1-5-7-9-15(10-8-6-2)13(16)11(3)12(4)14(17)18/h11-12H,5-10H2,1-4H3,(H,17,18). The molecule has 0 saturated carbocycles. The second-order valence-corrected chi connectivity index (χ2v) is 4.95. The minimum Gasteiger partial charge on any atom is -0.481 e. The molecule has 4 nitrogen and oxygen atoms in total. The molecular weight excluding hydrogens is 230 g/mol. The SMILES string of the molecule is CCCCN(CCCC)C(=O)C(C)C(C)C(=O)O. The van der Waals surface area contributed by atoms with Crippen LogP contribution in [0.4, 0.5) is 0 Å². The first-order chi connectivity index (χ1) is 8.45. The van der Waals surface area contributed by atoms with Crippen molar-refractivity contribution in [3.63, 3.8) is 0 Å². The van der Waals surface area contributed by atoms with Gasteiger partial charge in [-0.3, -0.25) is 9.59 Å². The van der Waals surface area contributed by atoms with E-state index in [1.54, 1.807) is 13.8 Å². The van der Waals surface area contributed by atoms with Gasteiger partial charge in [0.2, 0.25) is 5.91 Å². The molecule has 0 aliphatic carbocycles. The Morgan fingerprint density at radius 3 is 1.78 bits per heavy atom. The second kappa shape index (κ2) is 8.95.